The van der Waals surface area contributed by atoms with Crippen LogP contribution < -0.4 is 10.2 Å². The fourth-order valence-corrected chi connectivity index (χ4v) is 4.02. The summed E-state index contributed by atoms with van der Waals surface area (Å²) in [5, 5.41) is 3.94. The molecule has 1 fully saturated rings. The molecule has 0 bridgehead atoms. The van der Waals surface area contributed by atoms with Gasteiger partial charge in [-0.25, -0.2) is 0 Å². The average molecular weight is 400 g/mol. The van der Waals surface area contributed by atoms with E-state index < -0.39 is 0 Å². The summed E-state index contributed by atoms with van der Waals surface area (Å²) in [6.45, 7) is 10.3. The lowest BCUT2D eigenvalue weighted by atomic mass is 10.0. The Morgan fingerprint density at radius 2 is 1.68 bits per heavy atom. The average Bonchev–Trinajstić information content (AvgIpc) is 2.70. The van der Waals surface area contributed by atoms with Gasteiger partial charge in [-0.3, -0.25) is 9.69 Å². The van der Waals surface area contributed by atoms with Crippen LogP contribution >= 0.6 is 11.6 Å². The Labute approximate surface area is 173 Å². The molecule has 0 spiro atoms. The highest BCUT2D eigenvalue weighted by Gasteiger charge is 2.21. The highest BCUT2D eigenvalue weighted by molar-refractivity contribution is 6.30. The summed E-state index contributed by atoms with van der Waals surface area (Å²) in [6, 6.07) is 12.3. The zero-order valence-electron chi connectivity index (χ0n) is 17.1. The lowest BCUT2D eigenvalue weighted by Crippen LogP contribution is -2.48. The smallest absolute Gasteiger partial charge is 0.238 e. The topological polar surface area (TPSA) is 35.6 Å². The molecule has 2 aromatic rings. The second-order valence-electron chi connectivity index (χ2n) is 7.40. The van der Waals surface area contributed by atoms with Gasteiger partial charge >= 0.3 is 0 Å². The van der Waals surface area contributed by atoms with Gasteiger partial charge in [-0.1, -0.05) is 49.7 Å². The van der Waals surface area contributed by atoms with Gasteiger partial charge in [-0.05, 0) is 48.6 Å². The molecule has 150 valence electrons. The molecule has 1 heterocycles. The summed E-state index contributed by atoms with van der Waals surface area (Å²) in [7, 11) is 0. The predicted octanol–water partition coefficient (Wildman–Crippen LogP) is 4.53. The number of benzene rings is 2. The molecule has 28 heavy (non-hydrogen) atoms. The normalized spacial score (nSPS) is 14.9. The summed E-state index contributed by atoms with van der Waals surface area (Å²) < 4.78 is 0. The Hall–Kier alpha value is -2.04. The SMILES string of the molecule is CCc1cccc(CC)c1NC(=O)CN1CCN(c2cc(Cl)ccc2C)CC1. The Morgan fingerprint density at radius 3 is 2.29 bits per heavy atom. The van der Waals surface area contributed by atoms with Crippen LogP contribution in [-0.2, 0) is 17.6 Å². The van der Waals surface area contributed by atoms with Gasteiger partial charge in [0, 0.05) is 42.6 Å². The summed E-state index contributed by atoms with van der Waals surface area (Å²) in [4.78, 5) is 17.3. The molecule has 3 rings (SSSR count). The van der Waals surface area contributed by atoms with Crippen LogP contribution in [0.15, 0.2) is 36.4 Å². The van der Waals surface area contributed by atoms with Crippen molar-refractivity contribution >= 4 is 28.9 Å². The fourth-order valence-electron chi connectivity index (χ4n) is 3.86. The number of anilines is 2. The second kappa shape index (κ2) is 9.44. The summed E-state index contributed by atoms with van der Waals surface area (Å²) >= 11 is 6.17. The summed E-state index contributed by atoms with van der Waals surface area (Å²) in [5.74, 6) is 0.0722. The van der Waals surface area contributed by atoms with Crippen LogP contribution in [0.5, 0.6) is 0 Å². The Bertz CT molecular complexity index is 806. The molecule has 2 aromatic carbocycles. The van der Waals surface area contributed by atoms with E-state index in [-0.39, 0.29) is 5.91 Å². The minimum atomic E-state index is 0.0722. The Morgan fingerprint density at radius 1 is 1.04 bits per heavy atom. The first kappa shape index (κ1) is 20.7. The predicted molar refractivity (Wildman–Crippen MR) is 119 cm³/mol. The standard InChI is InChI=1S/C23H30ClN3O/c1-4-18-7-6-8-19(5-2)23(18)25-22(28)16-26-11-13-27(14-12-26)21-15-20(24)10-9-17(21)3/h6-10,15H,4-5,11-14,16H2,1-3H3,(H,25,28). The molecule has 1 N–H and O–H groups in total. The highest BCUT2D eigenvalue weighted by atomic mass is 35.5. The molecule has 1 aliphatic heterocycles. The molecule has 0 unspecified atom stereocenters. The highest BCUT2D eigenvalue weighted by Crippen LogP contribution is 2.26. The Balaban J connectivity index is 1.58. The minimum Gasteiger partial charge on any atom is -0.369 e. The lowest BCUT2D eigenvalue weighted by Gasteiger charge is -2.36. The van der Waals surface area contributed by atoms with Crippen LogP contribution in [-0.4, -0.2) is 43.5 Å². The number of aryl methyl sites for hydroxylation is 3. The zero-order valence-corrected chi connectivity index (χ0v) is 17.9. The van der Waals surface area contributed by atoms with Crippen molar-refractivity contribution in [3.05, 3.63) is 58.1 Å². The van der Waals surface area contributed by atoms with E-state index in [2.05, 4.69) is 60.2 Å². The number of hydrogen-bond donors (Lipinski definition) is 1. The van der Waals surface area contributed by atoms with Gasteiger partial charge in [-0.15, -0.1) is 0 Å². The summed E-state index contributed by atoms with van der Waals surface area (Å²) in [6.07, 6.45) is 1.84. The molecule has 0 saturated carbocycles. The monoisotopic (exact) mass is 399 g/mol. The van der Waals surface area contributed by atoms with E-state index in [1.807, 2.05) is 12.1 Å². The molecule has 1 saturated heterocycles. The van der Waals surface area contributed by atoms with Crippen LogP contribution in [0.3, 0.4) is 0 Å². The maximum Gasteiger partial charge on any atom is 0.238 e. The number of nitrogens with one attached hydrogen (secondary N) is 1. The quantitative estimate of drug-likeness (QED) is 0.774. The largest absolute Gasteiger partial charge is 0.369 e. The third-order valence-corrected chi connectivity index (χ3v) is 5.75. The number of piperazine rings is 1. The molecule has 0 atom stereocenters. The van der Waals surface area contributed by atoms with Crippen LogP contribution in [0.25, 0.3) is 0 Å². The van der Waals surface area contributed by atoms with E-state index in [0.29, 0.717) is 6.54 Å². The maximum atomic E-state index is 12.7. The molecule has 4 nitrogen and oxygen atoms in total. The number of nitrogens with zero attached hydrogens (tertiary/aromatic N) is 2. The third kappa shape index (κ3) is 4.86. The van der Waals surface area contributed by atoms with E-state index in [1.165, 1.54) is 22.4 Å². The van der Waals surface area contributed by atoms with Crippen molar-refractivity contribution in [3.63, 3.8) is 0 Å². The van der Waals surface area contributed by atoms with Crippen LogP contribution in [0.2, 0.25) is 5.02 Å². The van der Waals surface area contributed by atoms with Crippen LogP contribution in [0.1, 0.15) is 30.5 Å². The van der Waals surface area contributed by atoms with E-state index >= 15 is 0 Å². The van der Waals surface area contributed by atoms with Crippen LogP contribution in [0.4, 0.5) is 11.4 Å². The molecule has 1 amide bonds. The van der Waals surface area contributed by atoms with Gasteiger partial charge in [0.2, 0.25) is 5.91 Å². The maximum absolute atomic E-state index is 12.7. The molecular formula is C23H30ClN3O. The second-order valence-corrected chi connectivity index (χ2v) is 7.84. The van der Waals surface area contributed by atoms with Crippen molar-refractivity contribution in [2.45, 2.75) is 33.6 Å². The van der Waals surface area contributed by atoms with Gasteiger partial charge in [0.25, 0.3) is 0 Å². The number of halogens is 1. The van der Waals surface area contributed by atoms with Gasteiger partial charge in [-0.2, -0.15) is 0 Å². The van der Waals surface area contributed by atoms with Crippen molar-refractivity contribution in [1.82, 2.24) is 4.90 Å². The number of carbonyl (C=O) groups excluding carboxylic acids is 1. The number of rotatable bonds is 6. The number of amides is 1. The third-order valence-electron chi connectivity index (χ3n) is 5.51. The first-order valence-corrected chi connectivity index (χ1v) is 10.5. The fraction of sp³-hybridized carbons (Fsp3) is 0.435. The number of hydrogen-bond acceptors (Lipinski definition) is 3. The van der Waals surface area contributed by atoms with Crippen LogP contribution in [0, 0.1) is 6.92 Å². The van der Waals surface area contributed by atoms with Crippen molar-refractivity contribution in [2.75, 3.05) is 42.9 Å². The molecule has 0 aromatic heterocycles. The Kier molecular flexibility index (Phi) is 6.97. The first-order valence-electron chi connectivity index (χ1n) is 10.2. The molecule has 0 radical (unpaired) electrons. The van der Waals surface area contributed by atoms with E-state index in [1.54, 1.807) is 0 Å². The molecule has 1 aliphatic rings. The van der Waals surface area contributed by atoms with Gasteiger partial charge in [0.1, 0.15) is 0 Å². The van der Waals surface area contributed by atoms with Gasteiger partial charge < -0.3 is 10.2 Å². The van der Waals surface area contributed by atoms with Gasteiger partial charge in [0.05, 0.1) is 6.54 Å². The van der Waals surface area contributed by atoms with E-state index in [9.17, 15) is 4.79 Å². The zero-order chi connectivity index (χ0) is 20.1. The molecule has 5 heteroatoms. The summed E-state index contributed by atoms with van der Waals surface area (Å²) in [5.41, 5.74) is 5.84. The van der Waals surface area contributed by atoms with Gasteiger partial charge in [0.15, 0.2) is 0 Å². The van der Waals surface area contributed by atoms with Crippen molar-refractivity contribution in [2.24, 2.45) is 0 Å². The minimum absolute atomic E-state index is 0.0722. The first-order chi connectivity index (χ1) is 13.5. The van der Waals surface area contributed by atoms with Crippen molar-refractivity contribution < 1.29 is 4.79 Å². The lowest BCUT2D eigenvalue weighted by molar-refractivity contribution is -0.117. The van der Waals surface area contributed by atoms with E-state index in [4.69, 9.17) is 11.6 Å². The number of carbonyl (C=O) groups is 1. The van der Waals surface area contributed by atoms with Crippen molar-refractivity contribution in [3.8, 4) is 0 Å². The van der Waals surface area contributed by atoms with Crippen molar-refractivity contribution in [1.29, 1.82) is 0 Å². The molecule has 0 aliphatic carbocycles. The number of para-hydroxylation sites is 1. The molecular weight excluding hydrogens is 370 g/mol. The van der Waals surface area contributed by atoms with E-state index in [0.717, 1.165) is 49.7 Å².